The van der Waals surface area contributed by atoms with Crippen molar-refractivity contribution >= 4 is 22.8 Å². The minimum Gasteiger partial charge on any atom is -0.356 e. The van der Waals surface area contributed by atoms with Crippen LogP contribution in [0.3, 0.4) is 0 Å². The van der Waals surface area contributed by atoms with Crippen LogP contribution in [0.4, 0.5) is 5.82 Å². The molecule has 1 saturated heterocycles. The molecule has 1 aliphatic heterocycles. The minimum atomic E-state index is -0.00441. The molecule has 1 atom stereocenters. The number of rotatable bonds is 5. The van der Waals surface area contributed by atoms with Gasteiger partial charge in [-0.1, -0.05) is 41.5 Å². The Labute approximate surface area is 206 Å². The maximum Gasteiger partial charge on any atom is 0.223 e. The molecule has 7 nitrogen and oxygen atoms in total. The lowest BCUT2D eigenvalue weighted by Crippen LogP contribution is -2.41. The van der Waals surface area contributed by atoms with E-state index in [1.165, 1.54) is 22.3 Å². The molecule has 1 N–H and O–H groups in total. The van der Waals surface area contributed by atoms with Gasteiger partial charge in [0.25, 0.3) is 0 Å². The predicted molar refractivity (Wildman–Crippen MR) is 139 cm³/mol. The highest BCUT2D eigenvalue weighted by Crippen LogP contribution is 2.28. The highest BCUT2D eigenvalue weighted by Gasteiger charge is 2.28. The lowest BCUT2D eigenvalue weighted by Gasteiger charge is -2.33. The van der Waals surface area contributed by atoms with E-state index in [2.05, 4.69) is 95.4 Å². The van der Waals surface area contributed by atoms with Gasteiger partial charge < -0.3 is 10.2 Å². The number of amides is 1. The van der Waals surface area contributed by atoms with Crippen molar-refractivity contribution in [3.63, 3.8) is 0 Å². The average molecular weight is 469 g/mol. The summed E-state index contributed by atoms with van der Waals surface area (Å²) in [6.45, 7) is 9.88. The molecule has 0 saturated carbocycles. The topological polar surface area (TPSA) is 75.9 Å². The predicted octanol–water partition coefficient (Wildman–Crippen LogP) is 4.83. The van der Waals surface area contributed by atoms with Crippen molar-refractivity contribution in [3.05, 3.63) is 77.2 Å². The van der Waals surface area contributed by atoms with Crippen molar-refractivity contribution in [2.45, 2.75) is 46.6 Å². The summed E-state index contributed by atoms with van der Waals surface area (Å²) in [6.07, 6.45) is 5.17. The number of nitrogens with one attached hydrogen (secondary N) is 1. The molecule has 180 valence electrons. The number of carbonyl (C=O) groups is 1. The molecule has 1 fully saturated rings. The molecule has 1 aliphatic rings. The third-order valence-electron chi connectivity index (χ3n) is 7.01. The van der Waals surface area contributed by atoms with Crippen LogP contribution in [0.1, 0.15) is 48.1 Å². The fourth-order valence-corrected chi connectivity index (χ4v) is 4.98. The molecule has 0 aliphatic carbocycles. The fourth-order valence-electron chi connectivity index (χ4n) is 4.98. The molecule has 35 heavy (non-hydrogen) atoms. The highest BCUT2D eigenvalue weighted by molar-refractivity contribution is 5.87. The maximum atomic E-state index is 13.0. The van der Waals surface area contributed by atoms with Gasteiger partial charge in [-0.2, -0.15) is 0 Å². The summed E-state index contributed by atoms with van der Waals surface area (Å²) in [5.74, 6) is 1.03. The van der Waals surface area contributed by atoms with Gasteiger partial charge >= 0.3 is 0 Å². The molecule has 1 amide bonds. The monoisotopic (exact) mass is 468 g/mol. The molecule has 7 heteroatoms. The Kier molecular flexibility index (Phi) is 6.24. The summed E-state index contributed by atoms with van der Waals surface area (Å²) < 4.78 is 1.86. The number of carbonyl (C=O) groups excluding carboxylic acids is 1. The molecular formula is C28H32N6O. The molecule has 0 radical (unpaired) electrons. The van der Waals surface area contributed by atoms with E-state index < -0.39 is 0 Å². The van der Waals surface area contributed by atoms with Gasteiger partial charge in [-0.15, -0.1) is 5.10 Å². The quantitative estimate of drug-likeness (QED) is 0.454. The first-order chi connectivity index (χ1) is 16.9. The third kappa shape index (κ3) is 4.76. The van der Waals surface area contributed by atoms with Gasteiger partial charge in [-0.3, -0.25) is 4.79 Å². The van der Waals surface area contributed by atoms with Gasteiger partial charge in [0.05, 0.1) is 17.1 Å². The summed E-state index contributed by atoms with van der Waals surface area (Å²) in [6, 6.07) is 14.6. The molecule has 0 spiro atoms. The van der Waals surface area contributed by atoms with Crippen LogP contribution < -0.4 is 10.2 Å². The van der Waals surface area contributed by atoms with E-state index in [1.54, 1.807) is 6.33 Å². The number of aryl methyl sites for hydroxylation is 3. The Hall–Kier alpha value is -3.74. The van der Waals surface area contributed by atoms with E-state index in [-0.39, 0.29) is 17.9 Å². The summed E-state index contributed by atoms with van der Waals surface area (Å²) in [5, 5.41) is 8.83. The van der Waals surface area contributed by atoms with Crippen LogP contribution in [0.25, 0.3) is 16.7 Å². The van der Waals surface area contributed by atoms with E-state index in [4.69, 9.17) is 0 Å². The second-order valence-electron chi connectivity index (χ2n) is 9.70. The Morgan fingerprint density at radius 1 is 1.00 bits per heavy atom. The number of fused-ring (bicyclic) bond motifs is 1. The molecule has 3 heterocycles. The van der Waals surface area contributed by atoms with Crippen LogP contribution in [0.5, 0.6) is 0 Å². The number of aromatic nitrogens is 4. The van der Waals surface area contributed by atoms with Crippen LogP contribution in [0.15, 0.2) is 55.0 Å². The lowest BCUT2D eigenvalue weighted by molar-refractivity contribution is -0.126. The zero-order valence-electron chi connectivity index (χ0n) is 20.8. The lowest BCUT2D eigenvalue weighted by atomic mass is 9.94. The number of nitrogens with zero attached hydrogens (tertiary/aromatic N) is 5. The van der Waals surface area contributed by atoms with Crippen LogP contribution in [-0.2, 0) is 4.79 Å². The molecule has 2 aromatic heterocycles. The summed E-state index contributed by atoms with van der Waals surface area (Å²) in [7, 11) is 0. The maximum absolute atomic E-state index is 13.0. The Bertz CT molecular complexity index is 1350. The molecule has 5 rings (SSSR count). The minimum absolute atomic E-state index is 0.00441. The highest BCUT2D eigenvalue weighted by atomic mass is 16.1. The standard InChI is InChI=1S/C28H32N6O/c1-18-5-8-23(9-6-18)34-16-25-26(32-34)29-17-30-27(25)33-13-11-22(12-14-33)28(35)31-21(4)24-10-7-19(2)15-20(24)3/h5-10,15-17,21-22H,11-14H2,1-4H3,(H,31,35). The number of benzene rings is 2. The SMILES string of the molecule is Cc1ccc(-n2cc3c(N4CCC(C(=O)NC(C)c5ccc(C)cc5C)CC4)ncnc3n2)cc1. The molecule has 0 bridgehead atoms. The van der Waals surface area contributed by atoms with E-state index in [9.17, 15) is 4.79 Å². The van der Waals surface area contributed by atoms with Gasteiger partial charge in [-0.05, 0) is 63.8 Å². The van der Waals surface area contributed by atoms with Crippen LogP contribution >= 0.6 is 0 Å². The first-order valence-electron chi connectivity index (χ1n) is 12.3. The number of piperidine rings is 1. The van der Waals surface area contributed by atoms with E-state index in [0.717, 1.165) is 42.8 Å². The zero-order valence-corrected chi connectivity index (χ0v) is 20.8. The van der Waals surface area contributed by atoms with Crippen molar-refractivity contribution in [2.75, 3.05) is 18.0 Å². The Morgan fingerprint density at radius 3 is 2.43 bits per heavy atom. The number of hydrogen-bond acceptors (Lipinski definition) is 5. The first kappa shape index (κ1) is 23.0. The van der Waals surface area contributed by atoms with Crippen molar-refractivity contribution < 1.29 is 4.79 Å². The average Bonchev–Trinajstić information content (AvgIpc) is 3.29. The van der Waals surface area contributed by atoms with E-state index in [1.807, 2.05) is 10.9 Å². The molecule has 4 aromatic rings. The number of hydrogen-bond donors (Lipinski definition) is 1. The smallest absolute Gasteiger partial charge is 0.223 e. The summed E-state index contributed by atoms with van der Waals surface area (Å²) in [4.78, 5) is 24.3. The Balaban J connectivity index is 1.26. The van der Waals surface area contributed by atoms with Gasteiger partial charge in [0.15, 0.2) is 5.65 Å². The van der Waals surface area contributed by atoms with Gasteiger partial charge in [0, 0.05) is 25.2 Å². The summed E-state index contributed by atoms with van der Waals surface area (Å²) >= 11 is 0. The zero-order chi connectivity index (χ0) is 24.5. The van der Waals surface area contributed by atoms with Crippen molar-refractivity contribution in [1.29, 1.82) is 0 Å². The summed E-state index contributed by atoms with van der Waals surface area (Å²) in [5.41, 5.74) is 6.51. The van der Waals surface area contributed by atoms with Crippen LogP contribution in [0, 0.1) is 26.7 Å². The largest absolute Gasteiger partial charge is 0.356 e. The fraction of sp³-hybridized carbons (Fsp3) is 0.357. The second kappa shape index (κ2) is 9.49. The Morgan fingerprint density at radius 2 is 1.71 bits per heavy atom. The second-order valence-corrected chi connectivity index (χ2v) is 9.70. The van der Waals surface area contributed by atoms with Crippen LogP contribution in [0.2, 0.25) is 0 Å². The van der Waals surface area contributed by atoms with Crippen LogP contribution in [-0.4, -0.2) is 38.7 Å². The van der Waals surface area contributed by atoms with E-state index in [0.29, 0.717) is 5.65 Å². The van der Waals surface area contributed by atoms with Gasteiger partial charge in [-0.25, -0.2) is 14.6 Å². The van der Waals surface area contributed by atoms with E-state index >= 15 is 0 Å². The van der Waals surface area contributed by atoms with Gasteiger partial charge in [0.1, 0.15) is 12.1 Å². The molecule has 1 unspecified atom stereocenters. The van der Waals surface area contributed by atoms with Crippen molar-refractivity contribution in [3.8, 4) is 5.69 Å². The molecule has 2 aromatic carbocycles. The van der Waals surface area contributed by atoms with Gasteiger partial charge in [0.2, 0.25) is 5.91 Å². The van der Waals surface area contributed by atoms with Crippen molar-refractivity contribution in [1.82, 2.24) is 25.1 Å². The third-order valence-corrected chi connectivity index (χ3v) is 7.01. The first-order valence-corrected chi connectivity index (χ1v) is 12.3. The van der Waals surface area contributed by atoms with Crippen molar-refractivity contribution in [2.24, 2.45) is 5.92 Å². The normalized spacial score (nSPS) is 15.4. The molecular weight excluding hydrogens is 436 g/mol. The number of anilines is 1.